The summed E-state index contributed by atoms with van der Waals surface area (Å²) in [6.07, 6.45) is 0.993. The van der Waals surface area contributed by atoms with Crippen LogP contribution in [0.15, 0.2) is 59.2 Å². The quantitative estimate of drug-likeness (QED) is 0.699. The lowest BCUT2D eigenvalue weighted by Crippen LogP contribution is -2.24. The summed E-state index contributed by atoms with van der Waals surface area (Å²) in [6.45, 7) is 0.416. The molecule has 24 heavy (non-hydrogen) atoms. The highest BCUT2D eigenvalue weighted by Gasteiger charge is 2.15. The summed E-state index contributed by atoms with van der Waals surface area (Å²) in [6, 6.07) is 14.5. The molecule has 2 aromatic heterocycles. The van der Waals surface area contributed by atoms with Crippen LogP contribution in [-0.4, -0.2) is 11.0 Å². The van der Waals surface area contributed by atoms with Crippen LogP contribution in [0.25, 0.3) is 0 Å². The fourth-order valence-electron chi connectivity index (χ4n) is 2.29. The third-order valence-corrected chi connectivity index (χ3v) is 5.04. The number of rotatable bonds is 6. The Morgan fingerprint density at radius 1 is 1.21 bits per heavy atom. The Balaban J connectivity index is 1.55. The third kappa shape index (κ3) is 4.06. The van der Waals surface area contributed by atoms with Crippen LogP contribution in [0.4, 0.5) is 0 Å². The summed E-state index contributed by atoms with van der Waals surface area (Å²) in [5, 5.41) is 13.7. The van der Waals surface area contributed by atoms with Gasteiger partial charge in [-0.2, -0.15) is 0 Å². The second kappa shape index (κ2) is 7.66. The van der Waals surface area contributed by atoms with E-state index in [9.17, 15) is 9.90 Å². The number of carbonyl (C=O) groups excluding carboxylic acids is 1. The maximum absolute atomic E-state index is 12.0. The molecular formula is C18H16ClNO3S. The second-order valence-corrected chi connectivity index (χ2v) is 6.87. The lowest BCUT2D eigenvalue weighted by molar-refractivity contribution is -0.120. The molecule has 6 heteroatoms. The smallest absolute Gasteiger partial charge is 0.224 e. The van der Waals surface area contributed by atoms with Gasteiger partial charge in [0, 0.05) is 14.8 Å². The Labute approximate surface area is 148 Å². The molecule has 0 radical (unpaired) electrons. The molecule has 124 valence electrons. The maximum Gasteiger partial charge on any atom is 0.224 e. The van der Waals surface area contributed by atoms with Crippen molar-refractivity contribution < 1.29 is 14.3 Å². The molecule has 1 unspecified atom stereocenters. The van der Waals surface area contributed by atoms with Crippen molar-refractivity contribution in [3.05, 3.63) is 80.9 Å². The molecule has 2 heterocycles. The number of benzene rings is 1. The van der Waals surface area contributed by atoms with Crippen molar-refractivity contribution in [3.8, 4) is 0 Å². The number of furan rings is 1. The Morgan fingerprint density at radius 2 is 2.04 bits per heavy atom. The number of aliphatic hydroxyl groups excluding tert-OH is 1. The van der Waals surface area contributed by atoms with Gasteiger partial charge in [0.05, 0.1) is 19.2 Å². The third-order valence-electron chi connectivity index (χ3n) is 3.53. The number of nitrogens with one attached hydrogen (secondary N) is 1. The van der Waals surface area contributed by atoms with E-state index < -0.39 is 6.10 Å². The zero-order chi connectivity index (χ0) is 16.9. The molecule has 0 aliphatic rings. The van der Waals surface area contributed by atoms with Crippen molar-refractivity contribution in [1.82, 2.24) is 5.32 Å². The molecule has 1 aromatic carbocycles. The SMILES string of the molecule is O=C(Cc1ccccc1Cl)NCc1ccc(C(O)c2ccco2)s1. The molecule has 0 fully saturated rings. The van der Waals surface area contributed by atoms with Gasteiger partial charge in [-0.15, -0.1) is 11.3 Å². The first-order valence-electron chi connectivity index (χ1n) is 7.43. The predicted octanol–water partition coefficient (Wildman–Crippen LogP) is 3.94. The topological polar surface area (TPSA) is 62.5 Å². The minimum atomic E-state index is -0.780. The Bertz CT molecular complexity index is 813. The molecule has 1 amide bonds. The van der Waals surface area contributed by atoms with E-state index in [4.69, 9.17) is 16.0 Å². The highest BCUT2D eigenvalue weighted by Crippen LogP contribution is 2.28. The van der Waals surface area contributed by atoms with E-state index in [1.807, 2.05) is 30.3 Å². The molecule has 0 saturated carbocycles. The first-order chi connectivity index (χ1) is 11.6. The van der Waals surface area contributed by atoms with Gasteiger partial charge in [0.15, 0.2) is 0 Å². The van der Waals surface area contributed by atoms with E-state index in [1.54, 1.807) is 18.2 Å². The molecule has 3 rings (SSSR count). The summed E-state index contributed by atoms with van der Waals surface area (Å²) in [7, 11) is 0. The van der Waals surface area contributed by atoms with Gasteiger partial charge >= 0.3 is 0 Å². The van der Waals surface area contributed by atoms with Gasteiger partial charge in [0.1, 0.15) is 11.9 Å². The van der Waals surface area contributed by atoms with Gasteiger partial charge in [0.2, 0.25) is 5.91 Å². The molecule has 2 N–H and O–H groups in total. The zero-order valence-corrected chi connectivity index (χ0v) is 14.3. The summed E-state index contributed by atoms with van der Waals surface area (Å²) in [5.41, 5.74) is 0.803. The van der Waals surface area contributed by atoms with E-state index in [-0.39, 0.29) is 12.3 Å². The first-order valence-corrected chi connectivity index (χ1v) is 8.63. The minimum Gasteiger partial charge on any atom is -0.466 e. The summed E-state index contributed by atoms with van der Waals surface area (Å²) >= 11 is 7.50. The number of halogens is 1. The van der Waals surface area contributed by atoms with Crippen molar-refractivity contribution in [2.75, 3.05) is 0 Å². The first kappa shape index (κ1) is 16.8. The van der Waals surface area contributed by atoms with Crippen LogP contribution in [0.5, 0.6) is 0 Å². The molecule has 0 saturated heterocycles. The van der Waals surface area contributed by atoms with E-state index in [0.29, 0.717) is 17.3 Å². The minimum absolute atomic E-state index is 0.0929. The maximum atomic E-state index is 12.0. The summed E-state index contributed by atoms with van der Waals surface area (Å²) in [5.74, 6) is 0.413. The number of aliphatic hydroxyl groups is 1. The van der Waals surface area contributed by atoms with Crippen molar-refractivity contribution in [1.29, 1.82) is 0 Å². The lowest BCUT2D eigenvalue weighted by atomic mass is 10.1. The molecule has 0 aliphatic carbocycles. The number of thiophene rings is 1. The Hall–Kier alpha value is -2.08. The largest absolute Gasteiger partial charge is 0.466 e. The van der Waals surface area contributed by atoms with Crippen molar-refractivity contribution in [3.63, 3.8) is 0 Å². The van der Waals surface area contributed by atoms with Crippen LogP contribution in [-0.2, 0) is 17.8 Å². The Kier molecular flexibility index (Phi) is 5.35. The van der Waals surface area contributed by atoms with Crippen molar-refractivity contribution >= 4 is 28.8 Å². The molecule has 1 atom stereocenters. The van der Waals surface area contributed by atoms with Gasteiger partial charge in [-0.1, -0.05) is 29.8 Å². The monoisotopic (exact) mass is 361 g/mol. The number of hydrogen-bond acceptors (Lipinski definition) is 4. The van der Waals surface area contributed by atoms with Crippen LogP contribution >= 0.6 is 22.9 Å². The molecular weight excluding hydrogens is 346 g/mol. The highest BCUT2D eigenvalue weighted by atomic mass is 35.5. The standard InChI is InChI=1S/C18H16ClNO3S/c19-14-5-2-1-4-12(14)10-17(21)20-11-13-7-8-16(24-13)18(22)15-6-3-9-23-15/h1-9,18,22H,10-11H2,(H,20,21). The normalized spacial score (nSPS) is 12.1. The van der Waals surface area contributed by atoms with Gasteiger partial charge in [0.25, 0.3) is 0 Å². The summed E-state index contributed by atoms with van der Waals surface area (Å²) < 4.78 is 5.21. The molecule has 3 aromatic rings. The molecule has 0 spiro atoms. The predicted molar refractivity (Wildman–Crippen MR) is 94.1 cm³/mol. The summed E-state index contributed by atoms with van der Waals surface area (Å²) in [4.78, 5) is 13.8. The van der Waals surface area contributed by atoms with Gasteiger partial charge in [-0.25, -0.2) is 0 Å². The highest BCUT2D eigenvalue weighted by molar-refractivity contribution is 7.12. The van der Waals surface area contributed by atoms with E-state index in [0.717, 1.165) is 15.3 Å². The van der Waals surface area contributed by atoms with Crippen LogP contribution in [0.1, 0.15) is 27.2 Å². The molecule has 0 bridgehead atoms. The zero-order valence-electron chi connectivity index (χ0n) is 12.7. The van der Waals surface area contributed by atoms with E-state index in [2.05, 4.69) is 5.32 Å². The van der Waals surface area contributed by atoms with Crippen LogP contribution in [0, 0.1) is 0 Å². The van der Waals surface area contributed by atoms with Gasteiger partial charge in [-0.3, -0.25) is 4.79 Å². The fraction of sp³-hybridized carbons (Fsp3) is 0.167. The van der Waals surface area contributed by atoms with Crippen molar-refractivity contribution in [2.45, 2.75) is 19.1 Å². The average molecular weight is 362 g/mol. The molecule has 0 aliphatic heterocycles. The molecule has 4 nitrogen and oxygen atoms in total. The van der Waals surface area contributed by atoms with Gasteiger partial charge in [-0.05, 0) is 35.9 Å². The van der Waals surface area contributed by atoms with Crippen LogP contribution in [0.2, 0.25) is 5.02 Å². The van der Waals surface area contributed by atoms with E-state index in [1.165, 1.54) is 17.6 Å². The van der Waals surface area contributed by atoms with Gasteiger partial charge < -0.3 is 14.8 Å². The number of carbonyl (C=O) groups is 1. The lowest BCUT2D eigenvalue weighted by Gasteiger charge is -2.06. The van der Waals surface area contributed by atoms with Crippen molar-refractivity contribution in [2.24, 2.45) is 0 Å². The number of hydrogen-bond donors (Lipinski definition) is 2. The van der Waals surface area contributed by atoms with Crippen LogP contribution in [0.3, 0.4) is 0 Å². The number of amides is 1. The second-order valence-electron chi connectivity index (χ2n) is 5.27. The average Bonchev–Trinajstić information content (AvgIpc) is 3.26. The van der Waals surface area contributed by atoms with E-state index >= 15 is 0 Å². The fourth-order valence-corrected chi connectivity index (χ4v) is 3.44. The van der Waals surface area contributed by atoms with Crippen LogP contribution < -0.4 is 5.32 Å². The Morgan fingerprint density at radius 3 is 2.79 bits per heavy atom.